The van der Waals surface area contributed by atoms with Crippen LogP contribution in [0.3, 0.4) is 0 Å². The Labute approximate surface area is 106 Å². The molecule has 0 aliphatic heterocycles. The average Bonchev–Trinajstić information content (AvgIpc) is 2.96. The van der Waals surface area contributed by atoms with Crippen LogP contribution >= 0.6 is 0 Å². The second-order valence-electron chi connectivity index (χ2n) is 4.88. The van der Waals surface area contributed by atoms with E-state index in [-0.39, 0.29) is 0 Å². The Balaban J connectivity index is 1.78. The lowest BCUT2D eigenvalue weighted by atomic mass is 10.1. The van der Waals surface area contributed by atoms with Gasteiger partial charge in [0, 0.05) is 18.8 Å². The summed E-state index contributed by atoms with van der Waals surface area (Å²) < 4.78 is 5.13. The molecule has 0 bridgehead atoms. The first-order valence-electron chi connectivity index (χ1n) is 6.26. The molecule has 0 radical (unpaired) electrons. The van der Waals surface area contributed by atoms with Gasteiger partial charge in [0.1, 0.15) is 0 Å². The highest BCUT2D eigenvalue weighted by molar-refractivity contribution is 5.52. The quantitative estimate of drug-likeness (QED) is 0.899. The summed E-state index contributed by atoms with van der Waals surface area (Å²) in [4.78, 5) is 2.15. The Kier molecular flexibility index (Phi) is 2.70. The van der Waals surface area contributed by atoms with E-state index in [1.54, 1.807) is 6.07 Å². The van der Waals surface area contributed by atoms with Crippen LogP contribution in [0.1, 0.15) is 23.3 Å². The number of aromatic nitrogens is 1. The molecule has 94 valence electrons. The molecule has 0 saturated carbocycles. The van der Waals surface area contributed by atoms with Gasteiger partial charge in [0.25, 0.3) is 0 Å². The van der Waals surface area contributed by atoms with E-state index in [0.717, 1.165) is 5.76 Å². The summed E-state index contributed by atoms with van der Waals surface area (Å²) >= 11 is 0. The number of nitrogens with zero attached hydrogens (tertiary/aromatic N) is 2. The third-order valence-electron chi connectivity index (χ3n) is 3.49. The van der Waals surface area contributed by atoms with Crippen LogP contribution in [0, 0.1) is 0 Å². The van der Waals surface area contributed by atoms with Crippen molar-refractivity contribution in [2.24, 2.45) is 0 Å². The summed E-state index contributed by atoms with van der Waals surface area (Å²) in [6, 6.07) is 8.46. The number of anilines is 2. The lowest BCUT2D eigenvalue weighted by molar-refractivity contribution is 0.385. The van der Waals surface area contributed by atoms with Gasteiger partial charge in [-0.2, -0.15) is 0 Å². The van der Waals surface area contributed by atoms with Crippen LogP contribution < -0.4 is 10.6 Å². The van der Waals surface area contributed by atoms with Gasteiger partial charge >= 0.3 is 0 Å². The SMILES string of the molecule is CN(Cc1cc(N)no1)c1ccc2c(c1)CCC2. The minimum absolute atomic E-state index is 0.437. The minimum atomic E-state index is 0.437. The van der Waals surface area contributed by atoms with Crippen LogP contribution in [0.4, 0.5) is 11.5 Å². The molecular weight excluding hydrogens is 226 g/mol. The van der Waals surface area contributed by atoms with Gasteiger partial charge in [0.2, 0.25) is 0 Å². The topological polar surface area (TPSA) is 55.3 Å². The van der Waals surface area contributed by atoms with Crippen LogP contribution in [-0.4, -0.2) is 12.2 Å². The Hall–Kier alpha value is -1.97. The Morgan fingerprint density at radius 1 is 1.28 bits per heavy atom. The van der Waals surface area contributed by atoms with Crippen molar-refractivity contribution in [3.8, 4) is 0 Å². The van der Waals surface area contributed by atoms with E-state index in [9.17, 15) is 0 Å². The van der Waals surface area contributed by atoms with Gasteiger partial charge in [0.05, 0.1) is 6.54 Å². The number of benzene rings is 1. The molecule has 1 aliphatic carbocycles. The summed E-state index contributed by atoms with van der Waals surface area (Å²) in [6.45, 7) is 0.684. The van der Waals surface area contributed by atoms with Crippen LogP contribution in [-0.2, 0) is 19.4 Å². The first-order chi connectivity index (χ1) is 8.72. The third-order valence-corrected chi connectivity index (χ3v) is 3.49. The molecule has 1 heterocycles. The molecule has 2 N–H and O–H groups in total. The van der Waals surface area contributed by atoms with Gasteiger partial charge in [-0.15, -0.1) is 0 Å². The zero-order chi connectivity index (χ0) is 12.5. The molecule has 0 fully saturated rings. The molecule has 3 rings (SSSR count). The van der Waals surface area contributed by atoms with Crippen molar-refractivity contribution >= 4 is 11.5 Å². The minimum Gasteiger partial charge on any atom is -0.381 e. The molecule has 0 unspecified atom stereocenters. The molecule has 1 aliphatic rings. The highest BCUT2D eigenvalue weighted by atomic mass is 16.5. The second kappa shape index (κ2) is 4.37. The smallest absolute Gasteiger partial charge is 0.167 e. The fourth-order valence-corrected chi connectivity index (χ4v) is 2.52. The molecule has 4 heteroatoms. The van der Waals surface area contributed by atoms with Gasteiger partial charge in [-0.05, 0) is 42.5 Å². The number of nitrogen functional groups attached to an aromatic ring is 1. The monoisotopic (exact) mass is 243 g/mol. The maximum absolute atomic E-state index is 5.54. The highest BCUT2D eigenvalue weighted by Crippen LogP contribution is 2.27. The fraction of sp³-hybridized carbons (Fsp3) is 0.357. The van der Waals surface area contributed by atoms with Gasteiger partial charge in [-0.3, -0.25) is 0 Å². The maximum atomic E-state index is 5.54. The number of hydrogen-bond donors (Lipinski definition) is 1. The first kappa shape index (κ1) is 11.1. The first-order valence-corrected chi connectivity index (χ1v) is 6.26. The van der Waals surface area contributed by atoms with Crippen LogP contribution in [0.2, 0.25) is 0 Å². The molecule has 4 nitrogen and oxygen atoms in total. The maximum Gasteiger partial charge on any atom is 0.167 e. The summed E-state index contributed by atoms with van der Waals surface area (Å²) in [5.41, 5.74) is 9.74. The lowest BCUT2D eigenvalue weighted by Gasteiger charge is -2.18. The highest BCUT2D eigenvalue weighted by Gasteiger charge is 2.13. The normalized spacial score (nSPS) is 13.6. The average molecular weight is 243 g/mol. The van der Waals surface area contributed by atoms with E-state index < -0.39 is 0 Å². The zero-order valence-electron chi connectivity index (χ0n) is 10.5. The van der Waals surface area contributed by atoms with Gasteiger partial charge < -0.3 is 15.2 Å². The van der Waals surface area contributed by atoms with Crippen LogP contribution in [0.25, 0.3) is 0 Å². The summed E-state index contributed by atoms with van der Waals surface area (Å²) in [6.07, 6.45) is 3.70. The number of aryl methyl sites for hydroxylation is 2. The van der Waals surface area contributed by atoms with E-state index in [0.29, 0.717) is 12.4 Å². The van der Waals surface area contributed by atoms with Crippen molar-refractivity contribution in [2.45, 2.75) is 25.8 Å². The fourth-order valence-electron chi connectivity index (χ4n) is 2.52. The molecule has 2 aromatic rings. The molecular formula is C14H17N3O. The Bertz CT molecular complexity index is 562. The van der Waals surface area contributed by atoms with E-state index >= 15 is 0 Å². The number of nitrogens with two attached hydrogens (primary N) is 1. The van der Waals surface area contributed by atoms with Gasteiger partial charge in [-0.25, -0.2) is 0 Å². The van der Waals surface area contributed by atoms with Gasteiger partial charge in [-0.1, -0.05) is 11.2 Å². The number of rotatable bonds is 3. The molecule has 18 heavy (non-hydrogen) atoms. The predicted octanol–water partition coefficient (Wildman–Crippen LogP) is 2.38. The van der Waals surface area contributed by atoms with Crippen molar-refractivity contribution in [1.82, 2.24) is 5.16 Å². The largest absolute Gasteiger partial charge is 0.381 e. The number of fused-ring (bicyclic) bond motifs is 1. The predicted molar refractivity (Wildman–Crippen MR) is 71.5 cm³/mol. The van der Waals surface area contributed by atoms with Crippen molar-refractivity contribution < 1.29 is 4.52 Å². The zero-order valence-corrected chi connectivity index (χ0v) is 10.5. The van der Waals surface area contributed by atoms with E-state index in [1.165, 1.54) is 36.1 Å². The van der Waals surface area contributed by atoms with Gasteiger partial charge in [0.15, 0.2) is 11.6 Å². The summed E-state index contributed by atoms with van der Waals surface area (Å²) in [5, 5.41) is 3.70. The van der Waals surface area contributed by atoms with E-state index in [4.69, 9.17) is 10.3 Å². The Morgan fingerprint density at radius 2 is 2.11 bits per heavy atom. The van der Waals surface area contributed by atoms with Crippen molar-refractivity contribution in [3.05, 3.63) is 41.2 Å². The Morgan fingerprint density at radius 3 is 2.89 bits per heavy atom. The molecule has 0 saturated heterocycles. The molecule has 1 aromatic carbocycles. The summed E-state index contributed by atoms with van der Waals surface area (Å²) in [5.74, 6) is 1.22. The lowest BCUT2D eigenvalue weighted by Crippen LogP contribution is -2.16. The van der Waals surface area contributed by atoms with Crippen LogP contribution in [0.15, 0.2) is 28.8 Å². The summed E-state index contributed by atoms with van der Waals surface area (Å²) in [7, 11) is 2.05. The van der Waals surface area contributed by atoms with Crippen LogP contribution in [0.5, 0.6) is 0 Å². The number of hydrogen-bond acceptors (Lipinski definition) is 4. The molecule has 0 spiro atoms. The van der Waals surface area contributed by atoms with Crippen molar-refractivity contribution in [3.63, 3.8) is 0 Å². The molecule has 0 amide bonds. The van der Waals surface area contributed by atoms with E-state index in [2.05, 4.69) is 35.3 Å². The van der Waals surface area contributed by atoms with Crippen molar-refractivity contribution in [1.29, 1.82) is 0 Å². The standard InChI is InChI=1S/C14H17N3O/c1-17(9-13-8-14(15)16-18-13)12-6-5-10-3-2-4-11(10)7-12/h5-8H,2-4,9H2,1H3,(H2,15,16). The van der Waals surface area contributed by atoms with E-state index in [1.807, 2.05) is 0 Å². The third kappa shape index (κ3) is 2.06. The second-order valence-corrected chi connectivity index (χ2v) is 4.88. The molecule has 1 aromatic heterocycles. The van der Waals surface area contributed by atoms with Crippen molar-refractivity contribution in [2.75, 3.05) is 17.7 Å². The molecule has 0 atom stereocenters.